The highest BCUT2D eigenvalue weighted by Gasteiger charge is 2.05. The van der Waals surface area contributed by atoms with Gasteiger partial charge in [0.05, 0.1) is 12.9 Å². The zero-order valence-corrected chi connectivity index (χ0v) is 24.2. The minimum absolute atomic E-state index is 0.0764. The number of rotatable bonds is 6. The van der Waals surface area contributed by atoms with Crippen molar-refractivity contribution in [3.05, 3.63) is 127 Å². The second kappa shape index (κ2) is 23.6. The van der Waals surface area contributed by atoms with Crippen LogP contribution in [0.4, 0.5) is 0 Å². The first-order valence-electron chi connectivity index (χ1n) is 12.9. The third-order valence-electron chi connectivity index (χ3n) is 4.55. The van der Waals surface area contributed by atoms with E-state index in [0.717, 1.165) is 6.61 Å². The Kier molecular flexibility index (Phi) is 21.0. The van der Waals surface area contributed by atoms with E-state index in [-0.39, 0.29) is 23.5 Å². The lowest BCUT2D eigenvalue weighted by Gasteiger charge is -2.14. The minimum Gasteiger partial charge on any atom is -0.504 e. The molecule has 1 heterocycles. The number of nitrogens with one attached hydrogen (secondary N) is 1. The Morgan fingerprint density at radius 3 is 1.48 bits per heavy atom. The quantitative estimate of drug-likeness (QED) is 0.133. The summed E-state index contributed by atoms with van der Waals surface area (Å²) in [7, 11) is 0. The van der Waals surface area contributed by atoms with Crippen LogP contribution in [0.3, 0.4) is 0 Å². The van der Waals surface area contributed by atoms with Gasteiger partial charge in [0.15, 0.2) is 41.7 Å². The van der Waals surface area contributed by atoms with Crippen LogP contribution in [0, 0.1) is 13.8 Å². The second-order valence-corrected chi connectivity index (χ2v) is 7.95. The summed E-state index contributed by atoms with van der Waals surface area (Å²) in [4.78, 5) is 2.89. The van der Waals surface area contributed by atoms with Gasteiger partial charge in [0.25, 0.3) is 0 Å². The van der Waals surface area contributed by atoms with Crippen molar-refractivity contribution in [1.82, 2.24) is 0 Å². The van der Waals surface area contributed by atoms with Crippen molar-refractivity contribution in [2.24, 2.45) is 0 Å². The number of aryl methyl sites for hydroxylation is 2. The summed E-state index contributed by atoms with van der Waals surface area (Å²) in [5.74, 6) is 0.428. The van der Waals surface area contributed by atoms with Crippen LogP contribution in [0.25, 0.3) is 0 Å². The Morgan fingerprint density at radius 1 is 0.700 bits per heavy atom. The van der Waals surface area contributed by atoms with E-state index in [4.69, 9.17) is 19.7 Å². The van der Waals surface area contributed by atoms with Gasteiger partial charge in [-0.3, -0.25) is 0 Å². The summed E-state index contributed by atoms with van der Waals surface area (Å²) in [5.41, 5.74) is 2.66. The van der Waals surface area contributed by atoms with Crippen LogP contribution in [-0.4, -0.2) is 34.8 Å². The molecule has 0 fully saturated rings. The smallest absolute Gasteiger partial charge is 0.197 e. The molecule has 0 aliphatic carbocycles. The number of aromatic amines is 1. The summed E-state index contributed by atoms with van der Waals surface area (Å²) in [6, 6.07) is 27.3. The third kappa shape index (κ3) is 19.6. The number of para-hydroxylation sites is 4. The van der Waals surface area contributed by atoms with Crippen molar-refractivity contribution in [1.29, 1.82) is 0 Å². The Hall–Kier alpha value is -4.49. The van der Waals surface area contributed by atoms with Crippen LogP contribution < -0.4 is 9.72 Å². The molecule has 7 nitrogen and oxygen atoms in total. The maximum absolute atomic E-state index is 9.35. The molecule has 0 radical (unpaired) electrons. The van der Waals surface area contributed by atoms with Gasteiger partial charge in [-0.25, -0.2) is 4.98 Å². The van der Waals surface area contributed by atoms with Crippen LogP contribution in [0.15, 0.2) is 116 Å². The molecular formula is C33H44NO6+. The number of ether oxygens (including phenoxy) is 3. The fraction of sp³-hybridized carbons (Fsp3) is 0.242. The number of pyridine rings is 1. The molecule has 4 aromatic rings. The standard InChI is InChI=1S/C10H14O3.C8H10.C6H6O2.C5H5N.C4H8O/c1-3-12-8(2)13-10-7-5-4-6-9(10)11;1-7-3-5-8(2)6-4-7;7-5-3-1-2-4-6(5)8;1-2-4-6-5-3-1;1-3-5-4-2/h4-8,11H,3H2,1-2H3;3-6H,1-2H3;1-4,7-8H;1-5H;3H,1,4H2,2H3/p+1. The van der Waals surface area contributed by atoms with Gasteiger partial charge in [-0.15, -0.1) is 0 Å². The molecule has 1 unspecified atom stereocenters. The molecule has 7 heteroatoms. The molecule has 0 spiro atoms. The fourth-order valence-electron chi connectivity index (χ4n) is 2.57. The normalized spacial score (nSPS) is 9.72. The number of hydrogen-bond acceptors (Lipinski definition) is 6. The average Bonchev–Trinajstić information content (AvgIpc) is 2.96. The van der Waals surface area contributed by atoms with Gasteiger partial charge in [0.1, 0.15) is 0 Å². The molecule has 0 saturated carbocycles. The fourth-order valence-corrected chi connectivity index (χ4v) is 2.57. The molecule has 0 saturated heterocycles. The van der Waals surface area contributed by atoms with Crippen molar-refractivity contribution < 1.29 is 34.5 Å². The predicted octanol–water partition coefficient (Wildman–Crippen LogP) is 7.22. The molecule has 3 aromatic carbocycles. The van der Waals surface area contributed by atoms with Gasteiger partial charge in [0, 0.05) is 18.7 Å². The Morgan fingerprint density at radius 2 is 1.18 bits per heavy atom. The number of H-pyrrole nitrogens is 1. The predicted molar refractivity (Wildman–Crippen MR) is 160 cm³/mol. The molecular weight excluding hydrogens is 506 g/mol. The maximum Gasteiger partial charge on any atom is 0.197 e. The number of phenols is 3. The van der Waals surface area contributed by atoms with Crippen molar-refractivity contribution in [3.8, 4) is 23.0 Å². The van der Waals surface area contributed by atoms with Crippen LogP contribution >= 0.6 is 0 Å². The second-order valence-electron chi connectivity index (χ2n) is 7.95. The molecule has 0 aliphatic rings. The van der Waals surface area contributed by atoms with Crippen molar-refractivity contribution >= 4 is 0 Å². The SMILES string of the molecule is C=COCC.CCOC(C)Oc1ccccc1O.Cc1ccc(C)cc1.Oc1ccccc1O.c1cc[nH+]cc1. The first-order chi connectivity index (χ1) is 19.2. The first-order valence-corrected chi connectivity index (χ1v) is 12.9. The maximum atomic E-state index is 9.35. The van der Waals surface area contributed by atoms with Gasteiger partial charge >= 0.3 is 0 Å². The van der Waals surface area contributed by atoms with Gasteiger partial charge in [0.2, 0.25) is 0 Å². The monoisotopic (exact) mass is 550 g/mol. The van der Waals surface area contributed by atoms with Gasteiger partial charge in [-0.2, -0.15) is 0 Å². The first kappa shape index (κ1) is 35.5. The van der Waals surface area contributed by atoms with E-state index in [0.29, 0.717) is 12.4 Å². The van der Waals surface area contributed by atoms with Crippen LogP contribution in [-0.2, 0) is 9.47 Å². The number of aromatic hydroxyl groups is 3. The summed E-state index contributed by atoms with van der Waals surface area (Å²) in [6.45, 7) is 14.4. The van der Waals surface area contributed by atoms with Crippen LogP contribution in [0.5, 0.6) is 23.0 Å². The van der Waals surface area contributed by atoms with Crippen molar-refractivity contribution in [3.63, 3.8) is 0 Å². The van der Waals surface area contributed by atoms with Crippen molar-refractivity contribution in [2.45, 2.75) is 40.9 Å². The largest absolute Gasteiger partial charge is 0.504 e. The average molecular weight is 551 g/mol. The Labute approximate surface area is 239 Å². The Bertz CT molecular complexity index is 1070. The zero-order valence-electron chi connectivity index (χ0n) is 24.2. The molecule has 0 bridgehead atoms. The van der Waals surface area contributed by atoms with E-state index in [2.05, 4.69) is 54.4 Å². The lowest BCUT2D eigenvalue weighted by atomic mass is 10.2. The van der Waals surface area contributed by atoms with E-state index >= 15 is 0 Å². The molecule has 40 heavy (non-hydrogen) atoms. The highest BCUT2D eigenvalue weighted by Crippen LogP contribution is 2.25. The van der Waals surface area contributed by atoms with E-state index in [1.165, 1.54) is 29.5 Å². The zero-order chi connectivity index (χ0) is 30.0. The number of aromatic nitrogens is 1. The number of hydrogen-bond donors (Lipinski definition) is 3. The highest BCUT2D eigenvalue weighted by molar-refractivity contribution is 5.38. The van der Waals surface area contributed by atoms with Crippen molar-refractivity contribution in [2.75, 3.05) is 13.2 Å². The highest BCUT2D eigenvalue weighted by atomic mass is 16.7. The lowest BCUT2D eigenvalue weighted by molar-refractivity contribution is -0.377. The third-order valence-corrected chi connectivity index (χ3v) is 4.55. The topological polar surface area (TPSA) is 103 Å². The Balaban J connectivity index is 0.000000496. The molecule has 1 aromatic heterocycles. The lowest BCUT2D eigenvalue weighted by Crippen LogP contribution is -2.15. The summed E-state index contributed by atoms with van der Waals surface area (Å²) in [5, 5.41) is 26.7. The molecule has 0 amide bonds. The van der Waals surface area contributed by atoms with Gasteiger partial charge in [-0.05, 0) is 58.9 Å². The van der Waals surface area contributed by atoms with E-state index in [1.807, 2.05) is 44.4 Å². The summed E-state index contributed by atoms with van der Waals surface area (Å²) < 4.78 is 15.1. The molecule has 0 aliphatic heterocycles. The van der Waals surface area contributed by atoms with E-state index in [9.17, 15) is 5.11 Å². The number of phenolic OH excluding ortho intramolecular Hbond substituents is 3. The summed E-state index contributed by atoms with van der Waals surface area (Å²) in [6.07, 6.45) is 4.85. The molecule has 216 valence electrons. The molecule has 1 atom stereocenters. The number of benzene rings is 3. The van der Waals surface area contributed by atoms with Gasteiger partial charge in [-0.1, -0.05) is 72.3 Å². The van der Waals surface area contributed by atoms with Crippen LogP contribution in [0.2, 0.25) is 0 Å². The molecule has 4 rings (SSSR count). The van der Waals surface area contributed by atoms with E-state index < -0.39 is 0 Å². The van der Waals surface area contributed by atoms with Gasteiger partial charge < -0.3 is 29.5 Å². The minimum atomic E-state index is -0.335. The molecule has 4 N–H and O–H groups in total. The summed E-state index contributed by atoms with van der Waals surface area (Å²) >= 11 is 0. The van der Waals surface area contributed by atoms with Crippen LogP contribution in [0.1, 0.15) is 31.9 Å². The van der Waals surface area contributed by atoms with E-state index in [1.54, 1.807) is 43.3 Å².